The summed E-state index contributed by atoms with van der Waals surface area (Å²) in [6, 6.07) is -0.0785. The van der Waals surface area contributed by atoms with Gasteiger partial charge < -0.3 is 5.11 Å². The van der Waals surface area contributed by atoms with Crippen molar-refractivity contribution in [2.45, 2.75) is 36.0 Å². The maximum atomic E-state index is 14.0. The number of fused-ring (bicyclic) bond motifs is 1. The largest absolute Gasteiger partial charge is 0.872 e. The number of carbonyl (C=O) groups is 1. The average molecular weight is 475 g/mol. The molecule has 1 fully saturated rings. The summed E-state index contributed by atoms with van der Waals surface area (Å²) in [4.78, 5) is 12.1. The molecule has 0 N–H and O–H groups in total. The van der Waals surface area contributed by atoms with E-state index < -0.39 is 87.6 Å². The van der Waals surface area contributed by atoms with E-state index in [9.17, 15) is 67.0 Å². The number of Topliss-reactive ketones (excluding diaryl/α,β-unsaturated/α-hetero) is 1. The molecule has 3 rings (SSSR count). The first-order chi connectivity index (χ1) is 13.8. The van der Waals surface area contributed by atoms with E-state index in [0.717, 1.165) is 0 Å². The molecule has 0 bridgehead atoms. The Hall–Kier alpha value is -2.48. The van der Waals surface area contributed by atoms with Gasteiger partial charge in [0.15, 0.2) is 29.2 Å². The van der Waals surface area contributed by atoms with Crippen LogP contribution in [-0.4, -0.2) is 35.4 Å². The Morgan fingerprint density at radius 1 is 0.806 bits per heavy atom. The lowest BCUT2D eigenvalue weighted by molar-refractivity contribution is -0.456. The molecule has 0 spiro atoms. The van der Waals surface area contributed by atoms with E-state index in [1.807, 2.05) is 0 Å². The van der Waals surface area contributed by atoms with E-state index >= 15 is 0 Å². The molecular weight excluding hydrogens is 471 g/mol. The number of rotatable bonds is 2. The highest BCUT2D eigenvalue weighted by molar-refractivity contribution is 6.06. The molecular formula is C16H4F13O2-. The first kappa shape index (κ1) is 23.2. The van der Waals surface area contributed by atoms with Crippen molar-refractivity contribution in [1.29, 1.82) is 0 Å². The van der Waals surface area contributed by atoms with E-state index in [-0.39, 0.29) is 6.07 Å². The fourth-order valence-corrected chi connectivity index (χ4v) is 3.34. The third-order valence-electron chi connectivity index (χ3n) is 5.05. The summed E-state index contributed by atoms with van der Waals surface area (Å²) in [7, 11) is 0. The van der Waals surface area contributed by atoms with Crippen LogP contribution in [0, 0.1) is 23.4 Å². The summed E-state index contributed by atoms with van der Waals surface area (Å²) in [5, 5.41) is 12.0. The fourth-order valence-electron chi connectivity index (χ4n) is 3.34. The van der Waals surface area contributed by atoms with E-state index in [1.54, 1.807) is 0 Å². The van der Waals surface area contributed by atoms with Gasteiger partial charge in [-0.05, 0) is 17.2 Å². The number of hydrogen-bond donors (Lipinski definition) is 0. The van der Waals surface area contributed by atoms with Crippen molar-refractivity contribution in [3.8, 4) is 0 Å². The second kappa shape index (κ2) is 6.06. The molecule has 172 valence electrons. The van der Waals surface area contributed by atoms with Gasteiger partial charge in [0.2, 0.25) is 0 Å². The summed E-state index contributed by atoms with van der Waals surface area (Å²) in [5.41, 5.74) is -4.44. The molecule has 31 heavy (non-hydrogen) atoms. The molecule has 0 saturated heterocycles. The van der Waals surface area contributed by atoms with Gasteiger partial charge in [-0.2, -0.15) is 43.9 Å². The van der Waals surface area contributed by atoms with E-state index in [4.69, 9.17) is 0 Å². The van der Waals surface area contributed by atoms with Crippen LogP contribution < -0.4 is 5.11 Å². The minimum Gasteiger partial charge on any atom is -0.872 e. The minimum atomic E-state index is -7.32. The molecule has 0 aromatic heterocycles. The normalized spacial score (nSPS) is 25.5. The van der Waals surface area contributed by atoms with Crippen molar-refractivity contribution in [3.05, 3.63) is 40.2 Å². The SMILES string of the molecule is O=C(C1=C([O-])c2cc(F)c(F)c(F)c2C1)C1C(F)(F)C(F)(F)C(F)(F)C(F)(F)C1(F)F. The summed E-state index contributed by atoms with van der Waals surface area (Å²) in [6.45, 7) is 0. The van der Waals surface area contributed by atoms with Gasteiger partial charge in [0, 0.05) is 12.0 Å². The van der Waals surface area contributed by atoms with Crippen LogP contribution in [0.4, 0.5) is 57.1 Å². The smallest absolute Gasteiger partial charge is 0.384 e. The van der Waals surface area contributed by atoms with Crippen LogP contribution >= 0.6 is 0 Å². The van der Waals surface area contributed by atoms with Crippen molar-refractivity contribution >= 4 is 11.5 Å². The van der Waals surface area contributed by atoms with Crippen LogP contribution in [0.25, 0.3) is 5.76 Å². The first-order valence-corrected chi connectivity index (χ1v) is 7.77. The van der Waals surface area contributed by atoms with Crippen LogP contribution in [0.5, 0.6) is 0 Å². The molecule has 1 saturated carbocycles. The van der Waals surface area contributed by atoms with Crippen LogP contribution in [-0.2, 0) is 11.2 Å². The second-order valence-electron chi connectivity index (χ2n) is 6.76. The summed E-state index contributed by atoms with van der Waals surface area (Å²) < 4.78 is 177. The molecule has 0 unspecified atom stereocenters. The number of ketones is 1. The number of benzene rings is 1. The van der Waals surface area contributed by atoms with Crippen molar-refractivity contribution in [2.75, 3.05) is 0 Å². The standard InChI is InChI=1S/C16H5F13O2/c17-6-2-4-3(7(18)8(6)19)1-5(9(4)30)10(31)11-12(20,21)14(24,25)16(28,29)15(26,27)13(11,22)23/h2,11,30H,1H2/p-1. The molecule has 0 radical (unpaired) electrons. The number of carbonyl (C=O) groups excluding carboxylic acids is 1. The Balaban J connectivity index is 2.20. The molecule has 1 aromatic rings. The van der Waals surface area contributed by atoms with Crippen LogP contribution in [0.15, 0.2) is 11.6 Å². The number of alkyl halides is 10. The lowest BCUT2D eigenvalue weighted by Gasteiger charge is -2.49. The molecule has 0 atom stereocenters. The molecule has 0 heterocycles. The zero-order valence-corrected chi connectivity index (χ0v) is 14.1. The van der Waals surface area contributed by atoms with Crippen molar-refractivity contribution in [3.63, 3.8) is 0 Å². The highest BCUT2D eigenvalue weighted by Gasteiger charge is 2.96. The predicted octanol–water partition coefficient (Wildman–Crippen LogP) is 4.11. The Labute approximate surface area is 161 Å². The Morgan fingerprint density at radius 3 is 1.71 bits per heavy atom. The third kappa shape index (κ3) is 2.45. The Bertz CT molecular complexity index is 995. The average Bonchev–Trinajstić information content (AvgIpc) is 2.94. The van der Waals surface area contributed by atoms with Gasteiger partial charge in [0.05, 0.1) is 0 Å². The van der Waals surface area contributed by atoms with Crippen molar-refractivity contribution in [2.24, 2.45) is 5.92 Å². The van der Waals surface area contributed by atoms with E-state index in [0.29, 0.717) is 0 Å². The van der Waals surface area contributed by atoms with Crippen molar-refractivity contribution < 1.29 is 67.0 Å². The summed E-state index contributed by atoms with van der Waals surface area (Å²) in [5.74, 6) is -52.2. The quantitative estimate of drug-likeness (QED) is 0.478. The number of halogens is 13. The van der Waals surface area contributed by atoms with Gasteiger partial charge in [-0.15, -0.1) is 0 Å². The summed E-state index contributed by atoms with van der Waals surface area (Å²) >= 11 is 0. The lowest BCUT2D eigenvalue weighted by Crippen LogP contribution is -2.78. The van der Waals surface area contributed by atoms with Crippen LogP contribution in [0.2, 0.25) is 0 Å². The molecule has 0 amide bonds. The molecule has 2 aliphatic carbocycles. The summed E-state index contributed by atoms with van der Waals surface area (Å²) in [6.07, 6.45) is -1.65. The number of allylic oxidation sites excluding steroid dienone is 1. The molecule has 2 aliphatic rings. The maximum absolute atomic E-state index is 14.0. The number of hydrogen-bond acceptors (Lipinski definition) is 2. The van der Waals surface area contributed by atoms with Crippen LogP contribution in [0.1, 0.15) is 11.1 Å². The fraction of sp³-hybridized carbons (Fsp3) is 0.438. The topological polar surface area (TPSA) is 40.1 Å². The van der Waals surface area contributed by atoms with Crippen LogP contribution in [0.3, 0.4) is 0 Å². The van der Waals surface area contributed by atoms with E-state index in [2.05, 4.69) is 0 Å². The molecule has 1 aromatic carbocycles. The van der Waals surface area contributed by atoms with Gasteiger partial charge in [0.25, 0.3) is 0 Å². The lowest BCUT2D eigenvalue weighted by atomic mass is 9.71. The van der Waals surface area contributed by atoms with Gasteiger partial charge in [-0.25, -0.2) is 13.2 Å². The minimum absolute atomic E-state index is 0.0785. The highest BCUT2D eigenvalue weighted by Crippen LogP contribution is 2.67. The van der Waals surface area contributed by atoms with E-state index in [1.165, 1.54) is 0 Å². The van der Waals surface area contributed by atoms with Gasteiger partial charge in [-0.3, -0.25) is 4.79 Å². The Kier molecular flexibility index (Phi) is 4.53. The van der Waals surface area contributed by atoms with Gasteiger partial charge in [-0.1, -0.05) is 5.76 Å². The van der Waals surface area contributed by atoms with Gasteiger partial charge in [0.1, 0.15) is 0 Å². The third-order valence-corrected chi connectivity index (χ3v) is 5.05. The van der Waals surface area contributed by atoms with Gasteiger partial charge >= 0.3 is 29.6 Å². The zero-order chi connectivity index (χ0) is 24.1. The first-order valence-electron chi connectivity index (χ1n) is 7.77. The molecule has 2 nitrogen and oxygen atoms in total. The predicted molar refractivity (Wildman–Crippen MR) is 70.2 cm³/mol. The highest BCUT2D eigenvalue weighted by atomic mass is 19.4. The second-order valence-corrected chi connectivity index (χ2v) is 6.76. The molecule has 0 aliphatic heterocycles. The zero-order valence-electron chi connectivity index (χ0n) is 14.1. The Morgan fingerprint density at radius 2 is 1.26 bits per heavy atom. The monoisotopic (exact) mass is 475 g/mol. The maximum Gasteiger partial charge on any atom is 0.384 e. The molecule has 15 heteroatoms. The van der Waals surface area contributed by atoms with Crippen molar-refractivity contribution in [1.82, 2.24) is 0 Å².